The van der Waals surface area contributed by atoms with Crippen LogP contribution in [0, 0.1) is 11.8 Å². The maximum absolute atomic E-state index is 13.1. The molecule has 0 atom stereocenters. The van der Waals surface area contributed by atoms with Gasteiger partial charge in [0.2, 0.25) is 5.91 Å². The second kappa shape index (κ2) is 7.85. The molecule has 1 heterocycles. The molecule has 25 heavy (non-hydrogen) atoms. The summed E-state index contributed by atoms with van der Waals surface area (Å²) < 4.78 is 1.91. The SMILES string of the molecule is CC1CCC(C(=O)N(c2ccn(Cc3ccccc3)n2)C(C)C)CC1. The highest BCUT2D eigenvalue weighted by Crippen LogP contribution is 2.31. The predicted octanol–water partition coefficient (Wildman–Crippen LogP) is 4.50. The summed E-state index contributed by atoms with van der Waals surface area (Å²) >= 11 is 0. The lowest BCUT2D eigenvalue weighted by molar-refractivity contribution is -0.123. The number of aromatic nitrogens is 2. The zero-order chi connectivity index (χ0) is 17.8. The van der Waals surface area contributed by atoms with E-state index >= 15 is 0 Å². The molecule has 1 aliphatic rings. The maximum atomic E-state index is 13.1. The molecule has 0 unspecified atom stereocenters. The molecule has 1 amide bonds. The van der Waals surface area contributed by atoms with E-state index in [1.165, 1.54) is 5.56 Å². The van der Waals surface area contributed by atoms with Crippen LogP contribution in [0.5, 0.6) is 0 Å². The number of carbonyl (C=O) groups excluding carboxylic acids is 1. The summed E-state index contributed by atoms with van der Waals surface area (Å²) in [7, 11) is 0. The Morgan fingerprint density at radius 1 is 1.16 bits per heavy atom. The molecule has 2 aromatic rings. The van der Waals surface area contributed by atoms with Crippen molar-refractivity contribution in [2.24, 2.45) is 11.8 Å². The first-order valence-electron chi connectivity index (χ1n) is 9.45. The van der Waals surface area contributed by atoms with Gasteiger partial charge in [0, 0.05) is 24.2 Å². The summed E-state index contributed by atoms with van der Waals surface area (Å²) in [5.74, 6) is 1.92. The van der Waals surface area contributed by atoms with Crippen molar-refractivity contribution in [3.63, 3.8) is 0 Å². The van der Waals surface area contributed by atoms with Crippen LogP contribution in [0.15, 0.2) is 42.6 Å². The maximum Gasteiger partial charge on any atom is 0.231 e. The van der Waals surface area contributed by atoms with Crippen molar-refractivity contribution in [1.82, 2.24) is 9.78 Å². The molecule has 3 rings (SSSR count). The van der Waals surface area contributed by atoms with Gasteiger partial charge in [-0.25, -0.2) is 0 Å². The zero-order valence-corrected chi connectivity index (χ0v) is 15.6. The van der Waals surface area contributed by atoms with Crippen molar-refractivity contribution in [2.75, 3.05) is 4.90 Å². The highest BCUT2D eigenvalue weighted by atomic mass is 16.2. The zero-order valence-electron chi connectivity index (χ0n) is 15.6. The predicted molar refractivity (Wildman–Crippen MR) is 102 cm³/mol. The third-order valence-corrected chi connectivity index (χ3v) is 5.18. The Balaban J connectivity index is 1.73. The molecule has 4 heteroatoms. The summed E-state index contributed by atoms with van der Waals surface area (Å²) in [4.78, 5) is 15.0. The summed E-state index contributed by atoms with van der Waals surface area (Å²) in [5.41, 5.74) is 1.21. The average Bonchev–Trinajstić information content (AvgIpc) is 3.04. The van der Waals surface area contributed by atoms with Gasteiger partial charge in [0.15, 0.2) is 5.82 Å². The van der Waals surface area contributed by atoms with Crippen LogP contribution in [-0.4, -0.2) is 21.7 Å². The largest absolute Gasteiger partial charge is 0.293 e. The van der Waals surface area contributed by atoms with Gasteiger partial charge in [-0.15, -0.1) is 0 Å². The summed E-state index contributed by atoms with van der Waals surface area (Å²) in [6, 6.07) is 12.4. The molecule has 134 valence electrons. The molecule has 0 saturated heterocycles. The Morgan fingerprint density at radius 3 is 2.48 bits per heavy atom. The molecule has 0 aliphatic heterocycles. The van der Waals surface area contributed by atoms with Crippen LogP contribution in [0.1, 0.15) is 52.0 Å². The van der Waals surface area contributed by atoms with Gasteiger partial charge < -0.3 is 0 Å². The van der Waals surface area contributed by atoms with Crippen LogP contribution in [0.25, 0.3) is 0 Å². The molecule has 1 aromatic heterocycles. The van der Waals surface area contributed by atoms with E-state index in [-0.39, 0.29) is 17.9 Å². The molecular formula is C21H29N3O. The first-order valence-corrected chi connectivity index (χ1v) is 9.45. The molecular weight excluding hydrogens is 310 g/mol. The molecule has 1 fully saturated rings. The second-order valence-corrected chi connectivity index (χ2v) is 7.62. The third kappa shape index (κ3) is 4.30. The molecule has 0 radical (unpaired) electrons. The lowest BCUT2D eigenvalue weighted by Crippen LogP contribution is -2.42. The van der Waals surface area contributed by atoms with Crippen LogP contribution in [-0.2, 0) is 11.3 Å². The van der Waals surface area contributed by atoms with Gasteiger partial charge in [-0.3, -0.25) is 14.4 Å². The van der Waals surface area contributed by atoms with E-state index in [1.54, 1.807) is 0 Å². The highest BCUT2D eigenvalue weighted by molar-refractivity contribution is 5.94. The fourth-order valence-corrected chi connectivity index (χ4v) is 3.67. The van der Waals surface area contributed by atoms with Gasteiger partial charge in [0.1, 0.15) is 0 Å². The van der Waals surface area contributed by atoms with Gasteiger partial charge in [-0.1, -0.05) is 37.3 Å². The smallest absolute Gasteiger partial charge is 0.231 e. The van der Waals surface area contributed by atoms with Crippen molar-refractivity contribution in [1.29, 1.82) is 0 Å². The van der Waals surface area contributed by atoms with Crippen LogP contribution in [0.3, 0.4) is 0 Å². The van der Waals surface area contributed by atoms with Gasteiger partial charge >= 0.3 is 0 Å². The minimum absolute atomic E-state index is 0.118. The van der Waals surface area contributed by atoms with E-state index < -0.39 is 0 Å². The van der Waals surface area contributed by atoms with Crippen molar-refractivity contribution in [3.8, 4) is 0 Å². The normalized spacial score (nSPS) is 20.6. The van der Waals surface area contributed by atoms with Crippen LogP contribution in [0.4, 0.5) is 5.82 Å². The van der Waals surface area contributed by atoms with Crippen LogP contribution >= 0.6 is 0 Å². The van der Waals surface area contributed by atoms with Crippen molar-refractivity contribution < 1.29 is 4.79 Å². The fourth-order valence-electron chi connectivity index (χ4n) is 3.67. The van der Waals surface area contributed by atoms with Gasteiger partial charge in [-0.05, 0) is 51.0 Å². The number of carbonyl (C=O) groups is 1. The van der Waals surface area contributed by atoms with E-state index in [0.29, 0.717) is 0 Å². The monoisotopic (exact) mass is 339 g/mol. The Labute approximate surface area is 150 Å². The molecule has 1 aromatic carbocycles. The number of hydrogen-bond acceptors (Lipinski definition) is 2. The fraction of sp³-hybridized carbons (Fsp3) is 0.524. The number of benzene rings is 1. The van der Waals surface area contributed by atoms with Crippen molar-refractivity contribution in [3.05, 3.63) is 48.2 Å². The Morgan fingerprint density at radius 2 is 1.84 bits per heavy atom. The van der Waals surface area contributed by atoms with E-state index in [2.05, 4.69) is 38.0 Å². The lowest BCUT2D eigenvalue weighted by Gasteiger charge is -2.32. The van der Waals surface area contributed by atoms with E-state index in [9.17, 15) is 4.79 Å². The first kappa shape index (κ1) is 17.7. The van der Waals surface area contributed by atoms with E-state index in [0.717, 1.165) is 44.0 Å². The van der Waals surface area contributed by atoms with Crippen molar-refractivity contribution in [2.45, 2.75) is 59.0 Å². The minimum atomic E-state index is 0.118. The average molecular weight is 339 g/mol. The van der Waals surface area contributed by atoms with Gasteiger partial charge in [-0.2, -0.15) is 5.10 Å². The number of nitrogens with zero attached hydrogens (tertiary/aromatic N) is 3. The van der Waals surface area contributed by atoms with Gasteiger partial charge in [0.25, 0.3) is 0 Å². The number of amides is 1. The number of hydrogen-bond donors (Lipinski definition) is 0. The lowest BCUT2D eigenvalue weighted by atomic mass is 9.82. The minimum Gasteiger partial charge on any atom is -0.293 e. The standard InChI is InChI=1S/C21H29N3O/c1-16(2)24(21(25)19-11-9-17(3)10-12-19)20-13-14-23(22-20)15-18-7-5-4-6-8-18/h4-8,13-14,16-17,19H,9-12,15H2,1-3H3. The third-order valence-electron chi connectivity index (χ3n) is 5.18. The first-order chi connectivity index (χ1) is 12.0. The molecule has 1 aliphatic carbocycles. The summed E-state index contributed by atoms with van der Waals surface area (Å²) in [5, 5.41) is 4.68. The van der Waals surface area contributed by atoms with Crippen molar-refractivity contribution >= 4 is 11.7 Å². The second-order valence-electron chi connectivity index (χ2n) is 7.62. The summed E-state index contributed by atoms with van der Waals surface area (Å²) in [6.07, 6.45) is 6.30. The quantitative estimate of drug-likeness (QED) is 0.804. The van der Waals surface area contributed by atoms with E-state index in [1.807, 2.05) is 40.0 Å². The topological polar surface area (TPSA) is 38.1 Å². The molecule has 0 bridgehead atoms. The Kier molecular flexibility index (Phi) is 5.57. The number of anilines is 1. The number of rotatable bonds is 5. The van der Waals surface area contributed by atoms with Crippen LogP contribution < -0.4 is 4.90 Å². The summed E-state index contributed by atoms with van der Waals surface area (Å²) in [6.45, 7) is 7.15. The van der Waals surface area contributed by atoms with E-state index in [4.69, 9.17) is 0 Å². The molecule has 0 spiro atoms. The molecule has 0 N–H and O–H groups in total. The Bertz CT molecular complexity index is 684. The Hall–Kier alpha value is -2.10. The van der Waals surface area contributed by atoms with Gasteiger partial charge in [0.05, 0.1) is 6.54 Å². The highest BCUT2D eigenvalue weighted by Gasteiger charge is 2.31. The molecule has 1 saturated carbocycles. The molecule has 4 nitrogen and oxygen atoms in total. The van der Waals surface area contributed by atoms with Crippen LogP contribution in [0.2, 0.25) is 0 Å².